The predicted octanol–water partition coefficient (Wildman–Crippen LogP) is 4.70. The lowest BCUT2D eigenvalue weighted by molar-refractivity contribution is -0.138. The molecule has 1 aromatic heterocycles. The number of aromatic nitrogens is 1. The maximum Gasteiger partial charge on any atom is 0.417 e. The minimum Gasteiger partial charge on any atom is -0.388 e. The van der Waals surface area contributed by atoms with E-state index in [1.165, 1.54) is 12.1 Å². The molecule has 0 aliphatic carbocycles. The van der Waals surface area contributed by atoms with Gasteiger partial charge in [0, 0.05) is 22.3 Å². The van der Waals surface area contributed by atoms with Gasteiger partial charge in [0.25, 0.3) is 0 Å². The third-order valence-electron chi connectivity index (χ3n) is 3.27. The molecule has 0 bridgehead atoms. The summed E-state index contributed by atoms with van der Waals surface area (Å²) < 4.78 is 38.6. The third kappa shape index (κ3) is 3.63. The lowest BCUT2D eigenvalue weighted by atomic mass is 9.93. The zero-order chi connectivity index (χ0) is 15.6. The van der Waals surface area contributed by atoms with Crippen LogP contribution in [0, 0.1) is 0 Å². The molecule has 2 nitrogen and oxygen atoms in total. The number of aliphatic hydroxyl groups is 1. The van der Waals surface area contributed by atoms with Gasteiger partial charge in [0.2, 0.25) is 0 Å². The number of nitrogens with zero attached hydrogens (tertiary/aromatic N) is 1. The maximum absolute atomic E-state index is 12.9. The van der Waals surface area contributed by atoms with Crippen LogP contribution >= 0.6 is 15.9 Å². The molecule has 0 aliphatic rings. The van der Waals surface area contributed by atoms with Gasteiger partial charge in [-0.05, 0) is 29.8 Å². The largest absolute Gasteiger partial charge is 0.417 e. The van der Waals surface area contributed by atoms with Gasteiger partial charge in [0.15, 0.2) is 0 Å². The van der Waals surface area contributed by atoms with Gasteiger partial charge in [-0.1, -0.05) is 35.0 Å². The molecule has 0 spiro atoms. The van der Waals surface area contributed by atoms with Crippen LogP contribution in [0.1, 0.15) is 35.8 Å². The molecule has 112 valence electrons. The number of hydrogen-bond acceptors (Lipinski definition) is 2. The molecule has 6 heteroatoms. The highest BCUT2D eigenvalue weighted by Gasteiger charge is 2.34. The second-order valence-electron chi connectivity index (χ2n) is 4.73. The van der Waals surface area contributed by atoms with Crippen molar-refractivity contribution in [2.75, 3.05) is 0 Å². The molecule has 1 heterocycles. The van der Waals surface area contributed by atoms with Gasteiger partial charge in [-0.25, -0.2) is 0 Å². The summed E-state index contributed by atoms with van der Waals surface area (Å²) in [6.07, 6.45) is -3.95. The van der Waals surface area contributed by atoms with Crippen LogP contribution in [0.2, 0.25) is 0 Å². The highest BCUT2D eigenvalue weighted by molar-refractivity contribution is 9.10. The SMILES string of the molecule is CC(c1ccccn1)C(O)c1ccc(Br)c(C(F)(F)F)c1. The Balaban J connectivity index is 2.34. The zero-order valence-electron chi connectivity index (χ0n) is 11.1. The van der Waals surface area contributed by atoms with Gasteiger partial charge in [0.1, 0.15) is 0 Å². The van der Waals surface area contributed by atoms with Crippen LogP contribution in [0.5, 0.6) is 0 Å². The first-order valence-corrected chi connectivity index (χ1v) is 7.05. The van der Waals surface area contributed by atoms with E-state index >= 15 is 0 Å². The fourth-order valence-corrected chi connectivity index (χ4v) is 2.51. The first-order chi connectivity index (χ1) is 9.80. The van der Waals surface area contributed by atoms with Crippen LogP contribution in [-0.4, -0.2) is 10.1 Å². The summed E-state index contributed by atoms with van der Waals surface area (Å²) in [5.74, 6) is -0.409. The van der Waals surface area contributed by atoms with E-state index < -0.39 is 23.8 Å². The summed E-state index contributed by atoms with van der Waals surface area (Å²) in [4.78, 5) is 4.12. The molecule has 1 N–H and O–H groups in total. The van der Waals surface area contributed by atoms with Crippen molar-refractivity contribution < 1.29 is 18.3 Å². The first-order valence-electron chi connectivity index (χ1n) is 6.26. The van der Waals surface area contributed by atoms with Gasteiger partial charge >= 0.3 is 6.18 Å². The molecule has 2 aromatic rings. The Morgan fingerprint density at radius 3 is 2.48 bits per heavy atom. The molecule has 0 aliphatic heterocycles. The number of hydrogen-bond donors (Lipinski definition) is 1. The minimum absolute atomic E-state index is 0.0450. The summed E-state index contributed by atoms with van der Waals surface area (Å²) in [6, 6.07) is 8.99. The second-order valence-corrected chi connectivity index (χ2v) is 5.58. The molecular weight excluding hydrogens is 347 g/mol. The Bertz CT molecular complexity index is 616. The van der Waals surface area contributed by atoms with E-state index in [0.717, 1.165) is 6.07 Å². The number of aliphatic hydroxyl groups excluding tert-OH is 1. The van der Waals surface area contributed by atoms with Crippen LogP contribution in [0.25, 0.3) is 0 Å². The van der Waals surface area contributed by atoms with Gasteiger partial charge in [-0.15, -0.1) is 0 Å². The maximum atomic E-state index is 12.9. The van der Waals surface area contributed by atoms with E-state index in [-0.39, 0.29) is 10.0 Å². The topological polar surface area (TPSA) is 33.1 Å². The lowest BCUT2D eigenvalue weighted by Crippen LogP contribution is -2.12. The van der Waals surface area contributed by atoms with Crippen molar-refractivity contribution in [3.05, 3.63) is 63.9 Å². The number of pyridine rings is 1. The fourth-order valence-electron chi connectivity index (χ4n) is 2.04. The summed E-state index contributed by atoms with van der Waals surface area (Å²) in [7, 11) is 0. The van der Waals surface area contributed by atoms with Crippen LogP contribution in [-0.2, 0) is 6.18 Å². The number of alkyl halides is 3. The lowest BCUT2D eigenvalue weighted by Gasteiger charge is -2.20. The molecule has 0 fully saturated rings. The van der Waals surface area contributed by atoms with Crippen LogP contribution in [0.3, 0.4) is 0 Å². The normalized spacial score (nSPS) is 14.8. The van der Waals surface area contributed by atoms with Crippen molar-refractivity contribution in [2.24, 2.45) is 0 Å². The quantitative estimate of drug-likeness (QED) is 0.861. The van der Waals surface area contributed by atoms with Crippen molar-refractivity contribution in [3.8, 4) is 0 Å². The van der Waals surface area contributed by atoms with Gasteiger partial charge in [-0.2, -0.15) is 13.2 Å². The second kappa shape index (κ2) is 6.15. The van der Waals surface area contributed by atoms with Crippen molar-refractivity contribution >= 4 is 15.9 Å². The van der Waals surface area contributed by atoms with Crippen LogP contribution in [0.4, 0.5) is 13.2 Å². The van der Waals surface area contributed by atoms with E-state index in [2.05, 4.69) is 20.9 Å². The molecule has 2 rings (SSSR count). The Morgan fingerprint density at radius 2 is 1.90 bits per heavy atom. The Hall–Kier alpha value is -1.40. The van der Waals surface area contributed by atoms with E-state index in [1.54, 1.807) is 31.3 Å². The third-order valence-corrected chi connectivity index (χ3v) is 3.96. The Labute approximate surface area is 128 Å². The van der Waals surface area contributed by atoms with E-state index in [9.17, 15) is 18.3 Å². The Morgan fingerprint density at radius 1 is 1.19 bits per heavy atom. The molecule has 2 atom stereocenters. The number of rotatable bonds is 3. The molecule has 1 aromatic carbocycles. The highest BCUT2D eigenvalue weighted by atomic mass is 79.9. The van der Waals surface area contributed by atoms with E-state index in [0.29, 0.717) is 5.69 Å². The monoisotopic (exact) mass is 359 g/mol. The number of benzene rings is 1. The molecule has 0 saturated carbocycles. The fraction of sp³-hybridized carbons (Fsp3) is 0.267. The van der Waals surface area contributed by atoms with Gasteiger partial charge < -0.3 is 5.11 Å². The summed E-state index contributed by atoms with van der Waals surface area (Å²) in [6.45, 7) is 1.72. The summed E-state index contributed by atoms with van der Waals surface area (Å²) in [5.41, 5.74) is 0.0393. The summed E-state index contributed by atoms with van der Waals surface area (Å²) in [5, 5.41) is 10.3. The zero-order valence-corrected chi connectivity index (χ0v) is 12.7. The molecule has 21 heavy (non-hydrogen) atoms. The minimum atomic E-state index is -4.47. The van der Waals surface area contributed by atoms with E-state index in [1.807, 2.05) is 0 Å². The average molecular weight is 360 g/mol. The standard InChI is InChI=1S/C15H13BrF3NO/c1-9(13-4-2-3-7-20-13)14(21)10-5-6-12(16)11(8-10)15(17,18)19/h2-9,14,21H,1H3. The highest BCUT2D eigenvalue weighted by Crippen LogP contribution is 2.38. The van der Waals surface area contributed by atoms with E-state index in [4.69, 9.17) is 0 Å². The molecule has 2 unspecified atom stereocenters. The number of halogens is 4. The van der Waals surface area contributed by atoms with Crippen molar-refractivity contribution in [2.45, 2.75) is 25.1 Å². The van der Waals surface area contributed by atoms with Crippen molar-refractivity contribution in [1.29, 1.82) is 0 Å². The van der Waals surface area contributed by atoms with Gasteiger partial charge in [0.05, 0.1) is 11.7 Å². The van der Waals surface area contributed by atoms with Crippen molar-refractivity contribution in [3.63, 3.8) is 0 Å². The predicted molar refractivity (Wildman–Crippen MR) is 76.8 cm³/mol. The Kier molecular flexibility index (Phi) is 4.68. The smallest absolute Gasteiger partial charge is 0.388 e. The van der Waals surface area contributed by atoms with Crippen LogP contribution in [0.15, 0.2) is 47.1 Å². The van der Waals surface area contributed by atoms with Crippen molar-refractivity contribution in [1.82, 2.24) is 4.98 Å². The van der Waals surface area contributed by atoms with Crippen LogP contribution < -0.4 is 0 Å². The molecular formula is C15H13BrF3NO. The molecule has 0 amide bonds. The molecule has 0 radical (unpaired) electrons. The summed E-state index contributed by atoms with van der Waals surface area (Å²) >= 11 is 2.88. The average Bonchev–Trinajstić information content (AvgIpc) is 2.46. The first kappa shape index (κ1) is 16.0. The van der Waals surface area contributed by atoms with Gasteiger partial charge in [-0.3, -0.25) is 4.98 Å². The molecule has 0 saturated heterocycles.